The van der Waals surface area contributed by atoms with Gasteiger partial charge in [-0.05, 0) is 31.5 Å². The molecule has 2 aromatic rings. The summed E-state index contributed by atoms with van der Waals surface area (Å²) in [5, 5.41) is 7.66. The first kappa shape index (κ1) is 20.8. The maximum absolute atomic E-state index is 6.11. The molecule has 1 unspecified atom stereocenters. The van der Waals surface area contributed by atoms with Crippen LogP contribution in [-0.2, 0) is 6.54 Å². The summed E-state index contributed by atoms with van der Waals surface area (Å²) in [5.74, 6) is 0.876. The highest BCUT2D eigenvalue weighted by molar-refractivity contribution is 14.0. The summed E-state index contributed by atoms with van der Waals surface area (Å²) in [7, 11) is 0. The first-order chi connectivity index (χ1) is 12.2. The Bertz CT molecular complexity index is 691. The van der Waals surface area contributed by atoms with Crippen molar-refractivity contribution >= 4 is 47.2 Å². The van der Waals surface area contributed by atoms with Gasteiger partial charge in [0.25, 0.3) is 0 Å². The van der Waals surface area contributed by atoms with Crippen LogP contribution in [-0.4, -0.2) is 47.7 Å². The van der Waals surface area contributed by atoms with Gasteiger partial charge in [-0.25, -0.2) is 4.98 Å². The largest absolute Gasteiger partial charge is 0.369 e. The lowest BCUT2D eigenvalue weighted by atomic mass is 10.3. The number of aromatic nitrogens is 2. The molecule has 0 radical (unpaired) electrons. The number of nitrogens with one attached hydrogen (secondary N) is 2. The van der Waals surface area contributed by atoms with E-state index in [1.807, 2.05) is 35.3 Å². The minimum Gasteiger partial charge on any atom is -0.369 e. The molecule has 2 N–H and O–H groups in total. The number of imidazole rings is 1. The molecule has 8 heteroatoms. The van der Waals surface area contributed by atoms with Crippen molar-refractivity contribution in [1.29, 1.82) is 0 Å². The van der Waals surface area contributed by atoms with Crippen LogP contribution in [0, 0.1) is 0 Å². The van der Waals surface area contributed by atoms with Gasteiger partial charge in [-0.1, -0.05) is 17.7 Å². The predicted molar refractivity (Wildman–Crippen MR) is 119 cm³/mol. The lowest BCUT2D eigenvalue weighted by Gasteiger charge is -2.20. The lowest BCUT2D eigenvalue weighted by Crippen LogP contribution is -2.44. The topological polar surface area (TPSA) is 57.5 Å². The van der Waals surface area contributed by atoms with Gasteiger partial charge >= 0.3 is 0 Å². The molecule has 6 nitrogen and oxygen atoms in total. The summed E-state index contributed by atoms with van der Waals surface area (Å²) in [5.41, 5.74) is 1.18. The molecule has 0 bridgehead atoms. The molecule has 0 saturated carbocycles. The quantitative estimate of drug-likeness (QED) is 0.373. The first-order valence-corrected chi connectivity index (χ1v) is 9.13. The fraction of sp³-hybridized carbons (Fsp3) is 0.444. The molecule has 1 aliphatic rings. The second-order valence-corrected chi connectivity index (χ2v) is 6.55. The van der Waals surface area contributed by atoms with Gasteiger partial charge in [0.1, 0.15) is 0 Å². The number of benzene rings is 1. The van der Waals surface area contributed by atoms with E-state index in [9.17, 15) is 0 Å². The third-order valence-electron chi connectivity index (χ3n) is 4.23. The molecule has 2 heterocycles. The summed E-state index contributed by atoms with van der Waals surface area (Å²) in [6.07, 6.45) is 6.64. The van der Waals surface area contributed by atoms with Gasteiger partial charge in [-0.2, -0.15) is 0 Å². The van der Waals surface area contributed by atoms with E-state index >= 15 is 0 Å². The molecule has 142 valence electrons. The van der Waals surface area contributed by atoms with Gasteiger partial charge in [0.05, 0.1) is 12.9 Å². The zero-order valence-electron chi connectivity index (χ0n) is 14.9. The Morgan fingerprint density at radius 3 is 3.04 bits per heavy atom. The Hall–Kier alpha value is -1.48. The third-order valence-corrected chi connectivity index (χ3v) is 4.47. The van der Waals surface area contributed by atoms with Crippen LogP contribution in [0.1, 0.15) is 13.3 Å². The fourth-order valence-corrected chi connectivity index (χ4v) is 3.18. The Balaban J connectivity index is 0.00000243. The van der Waals surface area contributed by atoms with Crippen molar-refractivity contribution in [3.05, 3.63) is 48.0 Å². The number of nitrogens with zero attached hydrogens (tertiary/aromatic N) is 4. The van der Waals surface area contributed by atoms with Crippen LogP contribution in [0.4, 0.5) is 5.69 Å². The maximum atomic E-state index is 6.11. The van der Waals surface area contributed by atoms with E-state index < -0.39 is 0 Å². The van der Waals surface area contributed by atoms with Crippen molar-refractivity contribution in [2.75, 3.05) is 31.1 Å². The van der Waals surface area contributed by atoms with Crippen molar-refractivity contribution in [2.45, 2.75) is 25.9 Å². The highest BCUT2D eigenvalue weighted by atomic mass is 127. The second kappa shape index (κ2) is 10.6. The predicted octanol–water partition coefficient (Wildman–Crippen LogP) is 2.99. The molecule has 26 heavy (non-hydrogen) atoms. The van der Waals surface area contributed by atoms with Gasteiger partial charge in [-0.15, -0.1) is 24.0 Å². The third kappa shape index (κ3) is 6.05. The first-order valence-electron chi connectivity index (χ1n) is 8.75. The van der Waals surface area contributed by atoms with E-state index in [2.05, 4.69) is 38.5 Å². The zero-order valence-corrected chi connectivity index (χ0v) is 18.0. The summed E-state index contributed by atoms with van der Waals surface area (Å²) in [4.78, 5) is 11.1. The summed E-state index contributed by atoms with van der Waals surface area (Å²) in [6, 6.07) is 8.42. The highest BCUT2D eigenvalue weighted by Gasteiger charge is 2.23. The van der Waals surface area contributed by atoms with Crippen LogP contribution >= 0.6 is 35.6 Å². The number of anilines is 1. The van der Waals surface area contributed by atoms with Crippen molar-refractivity contribution < 1.29 is 0 Å². The molecule has 1 aromatic heterocycles. The molecule has 1 aromatic carbocycles. The van der Waals surface area contributed by atoms with E-state index in [-0.39, 0.29) is 24.0 Å². The summed E-state index contributed by atoms with van der Waals surface area (Å²) < 4.78 is 2.03. The number of guanidine groups is 1. The number of hydrogen-bond acceptors (Lipinski definition) is 3. The smallest absolute Gasteiger partial charge is 0.191 e. The van der Waals surface area contributed by atoms with Crippen LogP contribution in [0.2, 0.25) is 5.02 Å². The van der Waals surface area contributed by atoms with E-state index in [4.69, 9.17) is 11.6 Å². The van der Waals surface area contributed by atoms with Gasteiger partial charge in [-0.3, -0.25) is 4.99 Å². The molecule has 0 spiro atoms. The van der Waals surface area contributed by atoms with Gasteiger partial charge in [0, 0.05) is 55.3 Å². The van der Waals surface area contributed by atoms with Gasteiger partial charge < -0.3 is 20.1 Å². The number of halogens is 2. The van der Waals surface area contributed by atoms with Crippen LogP contribution < -0.4 is 15.5 Å². The molecule has 1 saturated heterocycles. The van der Waals surface area contributed by atoms with Crippen molar-refractivity contribution in [3.8, 4) is 0 Å². The van der Waals surface area contributed by atoms with E-state index in [1.165, 1.54) is 5.69 Å². The molecule has 1 aliphatic heterocycles. The Kier molecular flexibility index (Phi) is 8.50. The maximum Gasteiger partial charge on any atom is 0.191 e. The van der Waals surface area contributed by atoms with E-state index in [0.717, 1.165) is 50.1 Å². The average Bonchev–Trinajstić information content (AvgIpc) is 3.27. The van der Waals surface area contributed by atoms with Crippen LogP contribution in [0.25, 0.3) is 0 Å². The average molecular weight is 489 g/mol. The van der Waals surface area contributed by atoms with Crippen molar-refractivity contribution in [1.82, 2.24) is 20.2 Å². The summed E-state index contributed by atoms with van der Waals surface area (Å²) in [6.45, 7) is 6.45. The normalized spacial score (nSPS) is 17.1. The minimum atomic E-state index is 0. The second-order valence-electron chi connectivity index (χ2n) is 6.12. The summed E-state index contributed by atoms with van der Waals surface area (Å²) >= 11 is 6.11. The highest BCUT2D eigenvalue weighted by Crippen LogP contribution is 2.23. The van der Waals surface area contributed by atoms with Crippen molar-refractivity contribution in [3.63, 3.8) is 0 Å². The zero-order chi connectivity index (χ0) is 17.5. The SMILES string of the molecule is CCNC(=NCCn1ccnc1)NC1CCN(c2cccc(Cl)c2)C1.I. The Morgan fingerprint density at radius 1 is 1.42 bits per heavy atom. The van der Waals surface area contributed by atoms with E-state index in [1.54, 1.807) is 6.20 Å². The van der Waals surface area contributed by atoms with Gasteiger partial charge in [0.15, 0.2) is 5.96 Å². The van der Waals surface area contributed by atoms with Gasteiger partial charge in [0.2, 0.25) is 0 Å². The molecule has 3 rings (SSSR count). The van der Waals surface area contributed by atoms with Crippen LogP contribution in [0.15, 0.2) is 48.0 Å². The molecule has 0 aliphatic carbocycles. The standard InChI is InChI=1S/C18H25ClN6.HI/c1-2-21-18(22-8-11-24-10-7-20-14-24)23-16-6-9-25(13-16)17-5-3-4-15(19)12-17;/h3-5,7,10,12,14,16H,2,6,8-9,11,13H2,1H3,(H2,21,22,23);1H. The lowest BCUT2D eigenvalue weighted by molar-refractivity contribution is 0.642. The van der Waals surface area contributed by atoms with Crippen molar-refractivity contribution in [2.24, 2.45) is 4.99 Å². The monoisotopic (exact) mass is 488 g/mol. The van der Waals surface area contributed by atoms with E-state index in [0.29, 0.717) is 6.04 Å². The van der Waals surface area contributed by atoms with Crippen LogP contribution in [0.3, 0.4) is 0 Å². The number of rotatable bonds is 6. The molecular formula is C18H26ClIN6. The molecule has 1 fully saturated rings. The number of aliphatic imine (C=N–C) groups is 1. The molecular weight excluding hydrogens is 463 g/mol. The Morgan fingerprint density at radius 2 is 2.31 bits per heavy atom. The minimum absolute atomic E-state index is 0. The molecule has 1 atom stereocenters. The molecule has 0 amide bonds. The number of hydrogen-bond donors (Lipinski definition) is 2. The fourth-order valence-electron chi connectivity index (χ4n) is 3.00. The van der Waals surface area contributed by atoms with Crippen LogP contribution in [0.5, 0.6) is 0 Å². The Labute approximate surface area is 177 Å².